The zero-order valence-corrected chi connectivity index (χ0v) is 12.2. The van der Waals surface area contributed by atoms with Crippen LogP contribution in [0.1, 0.15) is 17.3 Å². The Hall–Kier alpha value is -1.79. The molecular weight excluding hydrogens is 282 g/mol. The van der Waals surface area contributed by atoms with Crippen LogP contribution in [0.2, 0.25) is 5.02 Å². The smallest absolute Gasteiger partial charge is 0.253 e. The summed E-state index contributed by atoms with van der Waals surface area (Å²) in [5.74, 6) is -0.716. The Balaban J connectivity index is 2.58. The van der Waals surface area contributed by atoms with Crippen LogP contribution in [-0.4, -0.2) is 38.1 Å². The lowest BCUT2D eigenvalue weighted by Crippen LogP contribution is -2.45. The average Bonchev–Trinajstić information content (AvgIpc) is 2.38. The van der Waals surface area contributed by atoms with Gasteiger partial charge in [-0.2, -0.15) is 0 Å². The summed E-state index contributed by atoms with van der Waals surface area (Å²) < 4.78 is 4.82. The summed E-state index contributed by atoms with van der Waals surface area (Å²) in [6.07, 6.45) is 0. The van der Waals surface area contributed by atoms with E-state index in [0.717, 1.165) is 0 Å². The van der Waals surface area contributed by atoms with E-state index in [0.29, 0.717) is 18.8 Å². The van der Waals surface area contributed by atoms with Gasteiger partial charge in [0.2, 0.25) is 5.91 Å². The third kappa shape index (κ3) is 4.71. The van der Waals surface area contributed by atoms with Crippen LogP contribution in [0.4, 0.5) is 5.69 Å². The number of anilines is 1. The molecule has 0 heterocycles. The molecular formula is C13H18ClN3O3. The topological polar surface area (TPSA) is 93.5 Å². The van der Waals surface area contributed by atoms with E-state index in [1.54, 1.807) is 20.1 Å². The summed E-state index contributed by atoms with van der Waals surface area (Å²) in [5.41, 5.74) is 6.30. The number of methoxy groups -OCH3 is 1. The largest absolute Gasteiger partial charge is 0.399 e. The molecule has 2 amide bonds. The molecule has 1 atom stereocenters. The number of carbonyl (C=O) groups excluding carboxylic acids is 2. The molecule has 110 valence electrons. The number of amides is 2. The van der Waals surface area contributed by atoms with Gasteiger partial charge in [0.25, 0.3) is 5.91 Å². The van der Waals surface area contributed by atoms with Crippen molar-refractivity contribution in [2.24, 2.45) is 0 Å². The van der Waals surface area contributed by atoms with Crippen LogP contribution in [-0.2, 0) is 9.53 Å². The molecule has 0 radical (unpaired) electrons. The van der Waals surface area contributed by atoms with Gasteiger partial charge in [-0.1, -0.05) is 11.6 Å². The number of benzene rings is 1. The SMILES string of the molecule is COCCNC(=O)C(C)NC(=O)c1ccc(N)cc1Cl. The number of halogens is 1. The highest BCUT2D eigenvalue weighted by molar-refractivity contribution is 6.34. The number of nitrogens with two attached hydrogens (primary N) is 1. The second kappa shape index (κ2) is 7.72. The van der Waals surface area contributed by atoms with Gasteiger partial charge in [-0.15, -0.1) is 0 Å². The molecule has 1 aromatic carbocycles. The van der Waals surface area contributed by atoms with Crippen molar-refractivity contribution in [1.82, 2.24) is 10.6 Å². The van der Waals surface area contributed by atoms with Gasteiger partial charge in [-0.25, -0.2) is 0 Å². The molecule has 0 saturated carbocycles. The number of hydrogen-bond acceptors (Lipinski definition) is 4. The quantitative estimate of drug-likeness (QED) is 0.535. The maximum atomic E-state index is 12.0. The normalized spacial score (nSPS) is 11.8. The van der Waals surface area contributed by atoms with Gasteiger partial charge in [-0.05, 0) is 25.1 Å². The van der Waals surface area contributed by atoms with Gasteiger partial charge in [-0.3, -0.25) is 9.59 Å². The Kier molecular flexibility index (Phi) is 6.27. The fraction of sp³-hybridized carbons (Fsp3) is 0.385. The van der Waals surface area contributed by atoms with Crippen molar-refractivity contribution in [3.05, 3.63) is 28.8 Å². The van der Waals surface area contributed by atoms with E-state index in [-0.39, 0.29) is 16.5 Å². The minimum atomic E-state index is -0.673. The molecule has 20 heavy (non-hydrogen) atoms. The zero-order chi connectivity index (χ0) is 15.1. The minimum absolute atomic E-state index is 0.245. The van der Waals surface area contributed by atoms with E-state index in [2.05, 4.69) is 10.6 Å². The number of rotatable bonds is 6. The van der Waals surface area contributed by atoms with Gasteiger partial charge in [0.15, 0.2) is 0 Å². The highest BCUT2D eigenvalue weighted by atomic mass is 35.5. The van der Waals surface area contributed by atoms with Crippen LogP contribution < -0.4 is 16.4 Å². The van der Waals surface area contributed by atoms with E-state index in [4.69, 9.17) is 22.1 Å². The lowest BCUT2D eigenvalue weighted by molar-refractivity contribution is -0.122. The van der Waals surface area contributed by atoms with Crippen molar-refractivity contribution >= 4 is 29.1 Å². The van der Waals surface area contributed by atoms with E-state index >= 15 is 0 Å². The summed E-state index contributed by atoms with van der Waals surface area (Å²) >= 11 is 5.93. The maximum absolute atomic E-state index is 12.0. The first-order chi connectivity index (χ1) is 9.45. The van der Waals surface area contributed by atoms with E-state index < -0.39 is 11.9 Å². The standard InChI is InChI=1S/C13H18ClN3O3/c1-8(12(18)16-5-6-20-2)17-13(19)10-4-3-9(15)7-11(10)14/h3-4,7-8H,5-6,15H2,1-2H3,(H,16,18)(H,17,19). The fourth-order valence-electron chi connectivity index (χ4n) is 1.48. The first-order valence-electron chi connectivity index (χ1n) is 6.08. The summed E-state index contributed by atoms with van der Waals surface area (Å²) in [4.78, 5) is 23.7. The predicted molar refractivity (Wildman–Crippen MR) is 77.7 cm³/mol. The Labute approximate surface area is 122 Å². The van der Waals surface area contributed by atoms with Crippen LogP contribution in [0, 0.1) is 0 Å². The lowest BCUT2D eigenvalue weighted by atomic mass is 10.1. The lowest BCUT2D eigenvalue weighted by Gasteiger charge is -2.14. The number of hydrogen-bond donors (Lipinski definition) is 3. The number of nitrogen functional groups attached to an aromatic ring is 1. The third-order valence-corrected chi connectivity index (χ3v) is 2.90. The number of nitrogens with one attached hydrogen (secondary N) is 2. The predicted octanol–water partition coefficient (Wildman–Crippen LogP) is 0.803. The minimum Gasteiger partial charge on any atom is -0.399 e. The van der Waals surface area contributed by atoms with Gasteiger partial charge in [0.05, 0.1) is 17.2 Å². The van der Waals surface area contributed by atoms with Crippen molar-refractivity contribution in [2.45, 2.75) is 13.0 Å². The van der Waals surface area contributed by atoms with E-state index in [9.17, 15) is 9.59 Å². The molecule has 0 aromatic heterocycles. The molecule has 1 aromatic rings. The fourth-order valence-corrected chi connectivity index (χ4v) is 1.76. The molecule has 7 heteroatoms. The Morgan fingerprint density at radius 2 is 2.15 bits per heavy atom. The molecule has 1 unspecified atom stereocenters. The van der Waals surface area contributed by atoms with Crippen molar-refractivity contribution in [1.29, 1.82) is 0 Å². The zero-order valence-electron chi connectivity index (χ0n) is 11.4. The molecule has 0 fully saturated rings. The van der Waals surface area contributed by atoms with Crippen LogP contribution >= 0.6 is 11.6 Å². The number of carbonyl (C=O) groups is 2. The second-order valence-electron chi connectivity index (χ2n) is 4.22. The van der Waals surface area contributed by atoms with Gasteiger partial charge in [0, 0.05) is 19.3 Å². The highest BCUT2D eigenvalue weighted by Gasteiger charge is 2.17. The summed E-state index contributed by atoms with van der Waals surface area (Å²) in [7, 11) is 1.54. The van der Waals surface area contributed by atoms with Gasteiger partial charge in [0.1, 0.15) is 6.04 Å². The molecule has 0 spiro atoms. The molecule has 0 aliphatic rings. The van der Waals surface area contributed by atoms with Gasteiger partial charge >= 0.3 is 0 Å². The Morgan fingerprint density at radius 1 is 1.45 bits per heavy atom. The monoisotopic (exact) mass is 299 g/mol. The molecule has 0 saturated heterocycles. The highest BCUT2D eigenvalue weighted by Crippen LogP contribution is 2.19. The second-order valence-corrected chi connectivity index (χ2v) is 4.63. The van der Waals surface area contributed by atoms with Crippen LogP contribution in [0.5, 0.6) is 0 Å². The molecule has 0 aliphatic carbocycles. The molecule has 0 bridgehead atoms. The average molecular weight is 300 g/mol. The van der Waals surface area contributed by atoms with E-state index in [1.807, 2.05) is 0 Å². The molecule has 0 aliphatic heterocycles. The van der Waals surface area contributed by atoms with Crippen LogP contribution in [0.25, 0.3) is 0 Å². The molecule has 6 nitrogen and oxygen atoms in total. The first-order valence-corrected chi connectivity index (χ1v) is 6.46. The molecule has 4 N–H and O–H groups in total. The van der Waals surface area contributed by atoms with Crippen LogP contribution in [0.15, 0.2) is 18.2 Å². The van der Waals surface area contributed by atoms with E-state index in [1.165, 1.54) is 12.1 Å². The summed E-state index contributed by atoms with van der Waals surface area (Å²) in [5, 5.41) is 5.44. The van der Waals surface area contributed by atoms with Crippen molar-refractivity contribution in [2.75, 3.05) is 26.0 Å². The number of ether oxygens (including phenoxy) is 1. The Morgan fingerprint density at radius 3 is 2.75 bits per heavy atom. The van der Waals surface area contributed by atoms with Gasteiger partial charge < -0.3 is 21.1 Å². The summed E-state index contributed by atoms with van der Waals surface area (Å²) in [6.45, 7) is 2.39. The Bertz CT molecular complexity index is 494. The maximum Gasteiger partial charge on any atom is 0.253 e. The van der Waals surface area contributed by atoms with Crippen molar-refractivity contribution in [3.8, 4) is 0 Å². The first kappa shape index (κ1) is 16.3. The summed E-state index contributed by atoms with van der Waals surface area (Å²) in [6, 6.07) is 3.90. The third-order valence-electron chi connectivity index (χ3n) is 2.58. The molecule has 1 rings (SSSR count). The van der Waals surface area contributed by atoms with Crippen molar-refractivity contribution in [3.63, 3.8) is 0 Å². The van der Waals surface area contributed by atoms with Crippen LogP contribution in [0.3, 0.4) is 0 Å². The van der Waals surface area contributed by atoms with Crippen molar-refractivity contribution < 1.29 is 14.3 Å².